The lowest BCUT2D eigenvalue weighted by molar-refractivity contribution is -0.123. The molecular formula is C16H30O. The molecule has 0 aliphatic heterocycles. The van der Waals surface area contributed by atoms with Gasteiger partial charge in [0.05, 0.1) is 0 Å². The number of carbonyl (C=O) groups excluding carboxylic acids is 1. The molecular weight excluding hydrogens is 208 g/mol. The van der Waals surface area contributed by atoms with Crippen LogP contribution in [0.5, 0.6) is 0 Å². The van der Waals surface area contributed by atoms with Crippen molar-refractivity contribution < 1.29 is 4.79 Å². The molecule has 0 N–H and O–H groups in total. The topological polar surface area (TPSA) is 17.1 Å². The molecule has 1 heteroatoms. The molecule has 1 aliphatic carbocycles. The second-order valence-corrected chi connectivity index (χ2v) is 5.67. The summed E-state index contributed by atoms with van der Waals surface area (Å²) in [4.78, 5) is 11.9. The van der Waals surface area contributed by atoms with Crippen LogP contribution in [0.15, 0.2) is 0 Å². The molecule has 0 bridgehead atoms. The molecule has 0 spiro atoms. The summed E-state index contributed by atoms with van der Waals surface area (Å²) in [6.45, 7) is 2.26. The normalized spacial score (nSPS) is 22.2. The minimum Gasteiger partial charge on any atom is -0.299 e. The third-order valence-electron chi connectivity index (χ3n) is 4.09. The number of hydrogen-bond acceptors (Lipinski definition) is 1. The van der Waals surface area contributed by atoms with Gasteiger partial charge in [-0.15, -0.1) is 0 Å². The fourth-order valence-electron chi connectivity index (χ4n) is 2.89. The first-order valence-corrected chi connectivity index (χ1v) is 7.87. The van der Waals surface area contributed by atoms with E-state index in [-0.39, 0.29) is 0 Å². The van der Waals surface area contributed by atoms with Crippen LogP contribution in [-0.2, 0) is 4.79 Å². The Kier molecular flexibility index (Phi) is 8.38. The van der Waals surface area contributed by atoms with Gasteiger partial charge in [0.1, 0.15) is 5.78 Å². The minimum absolute atomic E-state index is 0.418. The van der Waals surface area contributed by atoms with Crippen LogP contribution in [0.4, 0.5) is 0 Å². The summed E-state index contributed by atoms with van der Waals surface area (Å²) in [7, 11) is 0. The van der Waals surface area contributed by atoms with Gasteiger partial charge in [0.25, 0.3) is 0 Å². The van der Waals surface area contributed by atoms with Gasteiger partial charge in [-0.25, -0.2) is 0 Å². The van der Waals surface area contributed by atoms with E-state index in [1.807, 2.05) is 0 Å². The van der Waals surface area contributed by atoms with Crippen LogP contribution in [0.1, 0.15) is 90.4 Å². The van der Waals surface area contributed by atoms with Crippen LogP contribution < -0.4 is 0 Å². The number of carbonyl (C=O) groups is 1. The SMILES string of the molecule is CCCCCCCCC1CCCCCCC1=O. The second kappa shape index (κ2) is 9.67. The van der Waals surface area contributed by atoms with Crippen molar-refractivity contribution in [2.24, 2.45) is 5.92 Å². The summed E-state index contributed by atoms with van der Waals surface area (Å²) in [6.07, 6.45) is 16.3. The highest BCUT2D eigenvalue weighted by atomic mass is 16.1. The van der Waals surface area contributed by atoms with E-state index in [4.69, 9.17) is 0 Å². The predicted octanol–water partition coefficient (Wildman–Crippen LogP) is 5.28. The summed E-state index contributed by atoms with van der Waals surface area (Å²) in [5.41, 5.74) is 0. The Morgan fingerprint density at radius 1 is 0.941 bits per heavy atom. The third-order valence-corrected chi connectivity index (χ3v) is 4.09. The van der Waals surface area contributed by atoms with Crippen LogP contribution >= 0.6 is 0 Å². The van der Waals surface area contributed by atoms with E-state index < -0.39 is 0 Å². The molecule has 0 aromatic carbocycles. The molecule has 100 valence electrons. The van der Waals surface area contributed by atoms with E-state index >= 15 is 0 Å². The molecule has 0 aromatic rings. The van der Waals surface area contributed by atoms with E-state index in [9.17, 15) is 4.79 Å². The Bertz CT molecular complexity index is 198. The number of Topliss-reactive ketones (excluding diaryl/α,β-unsaturated/α-hetero) is 1. The molecule has 0 aromatic heterocycles. The van der Waals surface area contributed by atoms with Gasteiger partial charge in [0, 0.05) is 12.3 Å². The Morgan fingerprint density at radius 2 is 1.65 bits per heavy atom. The first-order chi connectivity index (χ1) is 8.34. The van der Waals surface area contributed by atoms with E-state index in [0.29, 0.717) is 11.7 Å². The van der Waals surface area contributed by atoms with Gasteiger partial charge in [-0.2, -0.15) is 0 Å². The van der Waals surface area contributed by atoms with Crippen molar-refractivity contribution in [1.82, 2.24) is 0 Å². The van der Waals surface area contributed by atoms with Crippen molar-refractivity contribution in [3.63, 3.8) is 0 Å². The monoisotopic (exact) mass is 238 g/mol. The van der Waals surface area contributed by atoms with Gasteiger partial charge < -0.3 is 0 Å². The zero-order valence-electron chi connectivity index (χ0n) is 11.7. The van der Waals surface area contributed by atoms with Gasteiger partial charge in [-0.05, 0) is 19.3 Å². The molecule has 1 fully saturated rings. The number of rotatable bonds is 7. The molecule has 0 amide bonds. The van der Waals surface area contributed by atoms with Crippen molar-refractivity contribution in [1.29, 1.82) is 0 Å². The van der Waals surface area contributed by atoms with E-state index in [2.05, 4.69) is 6.92 Å². The number of hydrogen-bond donors (Lipinski definition) is 0. The fourth-order valence-corrected chi connectivity index (χ4v) is 2.89. The summed E-state index contributed by atoms with van der Waals surface area (Å²) in [5.74, 6) is 0.986. The first-order valence-electron chi connectivity index (χ1n) is 7.87. The lowest BCUT2D eigenvalue weighted by Gasteiger charge is -2.18. The quantitative estimate of drug-likeness (QED) is 0.552. The molecule has 1 rings (SSSR count). The molecule has 1 saturated carbocycles. The number of unbranched alkanes of at least 4 members (excludes halogenated alkanes) is 5. The average molecular weight is 238 g/mol. The standard InChI is InChI=1S/C16H30O/c1-2-3-4-5-6-9-12-15-13-10-7-8-11-14-16(15)17/h15H,2-14H2,1H3. The average Bonchev–Trinajstić information content (AvgIpc) is 2.32. The Balaban J connectivity index is 2.08. The lowest BCUT2D eigenvalue weighted by Crippen LogP contribution is -2.16. The van der Waals surface area contributed by atoms with Crippen LogP contribution in [-0.4, -0.2) is 5.78 Å². The van der Waals surface area contributed by atoms with Crippen molar-refractivity contribution in [3.05, 3.63) is 0 Å². The highest BCUT2D eigenvalue weighted by Gasteiger charge is 2.18. The van der Waals surface area contributed by atoms with Crippen LogP contribution in [0.3, 0.4) is 0 Å². The van der Waals surface area contributed by atoms with Gasteiger partial charge in [-0.3, -0.25) is 4.79 Å². The van der Waals surface area contributed by atoms with Crippen molar-refractivity contribution in [2.45, 2.75) is 90.4 Å². The number of ketones is 1. The van der Waals surface area contributed by atoms with Crippen molar-refractivity contribution >= 4 is 5.78 Å². The fraction of sp³-hybridized carbons (Fsp3) is 0.938. The van der Waals surface area contributed by atoms with Gasteiger partial charge >= 0.3 is 0 Å². The first kappa shape index (κ1) is 14.7. The zero-order chi connectivity index (χ0) is 12.3. The van der Waals surface area contributed by atoms with Gasteiger partial charge in [-0.1, -0.05) is 64.7 Å². The van der Waals surface area contributed by atoms with Crippen molar-refractivity contribution in [3.8, 4) is 0 Å². The largest absolute Gasteiger partial charge is 0.299 e. The summed E-state index contributed by atoms with van der Waals surface area (Å²) < 4.78 is 0. The molecule has 0 radical (unpaired) electrons. The van der Waals surface area contributed by atoms with Gasteiger partial charge in [0.2, 0.25) is 0 Å². The molecule has 1 nitrogen and oxygen atoms in total. The zero-order valence-corrected chi connectivity index (χ0v) is 11.7. The van der Waals surface area contributed by atoms with E-state index in [0.717, 1.165) is 12.8 Å². The minimum atomic E-state index is 0.418. The van der Waals surface area contributed by atoms with E-state index in [1.165, 1.54) is 70.6 Å². The highest BCUT2D eigenvalue weighted by Crippen LogP contribution is 2.24. The molecule has 0 saturated heterocycles. The Morgan fingerprint density at radius 3 is 2.47 bits per heavy atom. The van der Waals surface area contributed by atoms with Crippen molar-refractivity contribution in [2.75, 3.05) is 0 Å². The molecule has 1 aliphatic rings. The molecule has 1 unspecified atom stereocenters. The Labute approximate surface area is 107 Å². The summed E-state index contributed by atoms with van der Waals surface area (Å²) >= 11 is 0. The van der Waals surface area contributed by atoms with Crippen LogP contribution in [0, 0.1) is 5.92 Å². The third kappa shape index (κ3) is 6.85. The Hall–Kier alpha value is -0.330. The maximum atomic E-state index is 11.9. The molecule has 17 heavy (non-hydrogen) atoms. The summed E-state index contributed by atoms with van der Waals surface area (Å²) in [6, 6.07) is 0. The smallest absolute Gasteiger partial charge is 0.135 e. The predicted molar refractivity (Wildman–Crippen MR) is 74.2 cm³/mol. The maximum Gasteiger partial charge on any atom is 0.135 e. The van der Waals surface area contributed by atoms with E-state index in [1.54, 1.807) is 0 Å². The molecule has 1 atom stereocenters. The molecule has 0 heterocycles. The van der Waals surface area contributed by atoms with Crippen LogP contribution in [0.25, 0.3) is 0 Å². The van der Waals surface area contributed by atoms with Gasteiger partial charge in [0.15, 0.2) is 0 Å². The maximum absolute atomic E-state index is 11.9. The second-order valence-electron chi connectivity index (χ2n) is 5.67. The summed E-state index contributed by atoms with van der Waals surface area (Å²) in [5, 5.41) is 0. The highest BCUT2D eigenvalue weighted by molar-refractivity contribution is 5.80. The van der Waals surface area contributed by atoms with Crippen LogP contribution in [0.2, 0.25) is 0 Å². The lowest BCUT2D eigenvalue weighted by atomic mass is 9.86.